The number of methoxy groups -OCH3 is 2. The van der Waals surface area contributed by atoms with Gasteiger partial charge in [0, 0.05) is 28.9 Å². The number of hydrogen-bond acceptors (Lipinski definition) is 5. The summed E-state index contributed by atoms with van der Waals surface area (Å²) in [5.41, 5.74) is 4.97. The maximum absolute atomic E-state index is 13.4. The predicted octanol–water partition coefficient (Wildman–Crippen LogP) is 5.26. The Hall–Kier alpha value is -2.93. The molecule has 1 aromatic heterocycles. The van der Waals surface area contributed by atoms with Crippen LogP contribution in [0.5, 0.6) is 23.0 Å². The average molecular weight is 498 g/mol. The van der Waals surface area contributed by atoms with Gasteiger partial charge in [0.25, 0.3) is 5.56 Å². The van der Waals surface area contributed by atoms with Crippen LogP contribution in [0.15, 0.2) is 35.1 Å². The number of aromatic nitrogens is 1. The normalized spacial score (nSPS) is 14.7. The summed E-state index contributed by atoms with van der Waals surface area (Å²) >= 11 is 3.51. The Morgan fingerprint density at radius 1 is 1.00 bits per heavy atom. The molecule has 6 nitrogen and oxygen atoms in total. The summed E-state index contributed by atoms with van der Waals surface area (Å²) in [6.07, 6.45) is 5.39. The molecule has 0 unspecified atom stereocenters. The van der Waals surface area contributed by atoms with Crippen molar-refractivity contribution < 1.29 is 18.9 Å². The second kappa shape index (κ2) is 8.20. The van der Waals surface area contributed by atoms with Crippen molar-refractivity contribution in [1.29, 1.82) is 0 Å². The first-order valence-electron chi connectivity index (χ1n) is 10.6. The van der Waals surface area contributed by atoms with Gasteiger partial charge in [-0.05, 0) is 54.7 Å². The first-order valence-corrected chi connectivity index (χ1v) is 11.7. The van der Waals surface area contributed by atoms with Gasteiger partial charge >= 0.3 is 0 Å². The van der Waals surface area contributed by atoms with E-state index in [-0.39, 0.29) is 12.4 Å². The summed E-state index contributed by atoms with van der Waals surface area (Å²) in [7, 11) is 5.00. The van der Waals surface area contributed by atoms with Crippen LogP contribution < -0.4 is 24.5 Å². The molecule has 5 rings (SSSR count). The number of hydrogen-bond donors (Lipinski definition) is 0. The molecule has 1 aliphatic carbocycles. The zero-order chi connectivity index (χ0) is 22.4. The summed E-state index contributed by atoms with van der Waals surface area (Å²) in [5, 5.41) is 2.44. The molecule has 0 bridgehead atoms. The van der Waals surface area contributed by atoms with Crippen LogP contribution in [0.2, 0.25) is 0 Å². The summed E-state index contributed by atoms with van der Waals surface area (Å²) in [4.78, 5) is 13.4. The first-order chi connectivity index (χ1) is 15.6. The minimum Gasteiger partial charge on any atom is -0.493 e. The highest BCUT2D eigenvalue weighted by Gasteiger charge is 2.32. The molecule has 2 aliphatic rings. The van der Waals surface area contributed by atoms with Gasteiger partial charge in [0.2, 0.25) is 6.79 Å². The highest BCUT2D eigenvalue weighted by Crippen LogP contribution is 2.51. The van der Waals surface area contributed by atoms with Crippen LogP contribution in [-0.2, 0) is 7.05 Å². The van der Waals surface area contributed by atoms with E-state index in [2.05, 4.69) is 22.0 Å². The Bertz CT molecular complexity index is 1320. The Balaban J connectivity index is 1.84. The maximum atomic E-state index is 13.4. The molecule has 0 saturated carbocycles. The minimum absolute atomic E-state index is 0.0798. The van der Waals surface area contributed by atoms with Crippen molar-refractivity contribution in [2.75, 3.05) is 26.3 Å². The molecule has 3 aromatic rings. The van der Waals surface area contributed by atoms with E-state index < -0.39 is 0 Å². The third kappa shape index (κ3) is 3.10. The number of ether oxygens (including phenoxy) is 4. The maximum Gasteiger partial charge on any atom is 0.258 e. The Kier molecular flexibility index (Phi) is 5.37. The van der Waals surface area contributed by atoms with Gasteiger partial charge < -0.3 is 23.5 Å². The number of unbranched alkanes of at least 4 members (excludes halogenated alkanes) is 2. The van der Waals surface area contributed by atoms with Crippen molar-refractivity contribution in [3.8, 4) is 34.3 Å². The van der Waals surface area contributed by atoms with Gasteiger partial charge in [-0.15, -0.1) is 0 Å². The quantitative estimate of drug-likeness (QED) is 0.268. The van der Waals surface area contributed by atoms with Crippen molar-refractivity contribution in [2.24, 2.45) is 7.05 Å². The molecule has 0 N–H and O–H groups in total. The monoisotopic (exact) mass is 497 g/mol. The molecule has 166 valence electrons. The molecule has 2 aromatic carbocycles. The molecule has 0 spiro atoms. The van der Waals surface area contributed by atoms with Crippen molar-refractivity contribution in [3.05, 3.63) is 51.8 Å². The van der Waals surface area contributed by atoms with Gasteiger partial charge in [0.15, 0.2) is 23.0 Å². The topological polar surface area (TPSA) is 58.9 Å². The van der Waals surface area contributed by atoms with Crippen LogP contribution in [0.3, 0.4) is 0 Å². The van der Waals surface area contributed by atoms with E-state index in [1.165, 1.54) is 0 Å². The fourth-order valence-electron chi connectivity index (χ4n) is 4.62. The number of allylic oxidation sites excluding steroid dienone is 1. The van der Waals surface area contributed by atoms with E-state index >= 15 is 0 Å². The lowest BCUT2D eigenvalue weighted by Crippen LogP contribution is -2.19. The molecular weight excluding hydrogens is 474 g/mol. The molecule has 0 atom stereocenters. The molecule has 0 radical (unpaired) electrons. The third-order valence-corrected chi connectivity index (χ3v) is 6.72. The Morgan fingerprint density at radius 3 is 2.31 bits per heavy atom. The van der Waals surface area contributed by atoms with Crippen LogP contribution in [0.1, 0.15) is 30.4 Å². The number of pyridine rings is 1. The van der Waals surface area contributed by atoms with Gasteiger partial charge in [0.1, 0.15) is 0 Å². The fourth-order valence-corrected chi connectivity index (χ4v) is 5.02. The molecule has 0 fully saturated rings. The second-order valence-corrected chi connectivity index (χ2v) is 8.69. The molecule has 0 amide bonds. The van der Waals surface area contributed by atoms with Crippen LogP contribution in [0, 0.1) is 0 Å². The van der Waals surface area contributed by atoms with E-state index in [1.54, 1.807) is 24.9 Å². The lowest BCUT2D eigenvalue weighted by Gasteiger charge is -2.15. The Labute approximate surface area is 194 Å². The van der Waals surface area contributed by atoms with Crippen molar-refractivity contribution in [1.82, 2.24) is 4.57 Å². The number of nitrogens with zero attached hydrogens (tertiary/aromatic N) is 1. The number of fused-ring (bicyclic) bond motifs is 6. The second-order valence-electron chi connectivity index (χ2n) is 7.89. The largest absolute Gasteiger partial charge is 0.493 e. The van der Waals surface area contributed by atoms with E-state index in [0.29, 0.717) is 22.6 Å². The van der Waals surface area contributed by atoms with Crippen LogP contribution in [0.25, 0.3) is 27.6 Å². The van der Waals surface area contributed by atoms with Crippen LogP contribution >= 0.6 is 15.9 Å². The predicted molar refractivity (Wildman–Crippen MR) is 129 cm³/mol. The smallest absolute Gasteiger partial charge is 0.258 e. The minimum atomic E-state index is -0.0798. The van der Waals surface area contributed by atoms with E-state index in [9.17, 15) is 4.79 Å². The molecule has 7 heteroatoms. The van der Waals surface area contributed by atoms with Gasteiger partial charge in [-0.25, -0.2) is 0 Å². The first kappa shape index (κ1) is 20.9. The van der Waals surface area contributed by atoms with Crippen LogP contribution in [0.4, 0.5) is 0 Å². The third-order valence-electron chi connectivity index (χ3n) is 6.16. The fraction of sp³-hybridized carbons (Fsp3) is 0.320. The van der Waals surface area contributed by atoms with Gasteiger partial charge in [-0.1, -0.05) is 22.0 Å². The van der Waals surface area contributed by atoms with Gasteiger partial charge in [-0.3, -0.25) is 4.79 Å². The zero-order valence-corrected chi connectivity index (χ0v) is 19.9. The number of alkyl halides is 1. The SMILES string of the molecule is COc1cc2c3c(n(C)c(=O)c2cc1OC)-c1cc2c(cc1C3=CCCCCBr)OCO2. The zero-order valence-electron chi connectivity index (χ0n) is 18.3. The molecule has 2 heterocycles. The van der Waals surface area contributed by atoms with Crippen LogP contribution in [-0.4, -0.2) is 30.9 Å². The van der Waals surface area contributed by atoms with Gasteiger partial charge in [-0.2, -0.15) is 0 Å². The van der Waals surface area contributed by atoms with Crippen molar-refractivity contribution in [3.63, 3.8) is 0 Å². The number of rotatable bonds is 6. The molecule has 0 saturated heterocycles. The molecular formula is C25H24BrNO5. The highest BCUT2D eigenvalue weighted by atomic mass is 79.9. The lowest BCUT2D eigenvalue weighted by molar-refractivity contribution is 0.174. The summed E-state index contributed by atoms with van der Waals surface area (Å²) < 4.78 is 24.1. The van der Waals surface area contributed by atoms with E-state index in [1.807, 2.05) is 25.2 Å². The standard InChI is InChI=1S/C25H24BrNO5/c1-27-24-17-11-22-21(31-13-32-22)9-15(17)14(7-5-4-6-8-26)23(24)16-10-19(29-2)20(30-3)12-18(16)25(27)28/h7,9-12H,4-6,8,13H2,1-3H3. The number of benzene rings is 2. The summed E-state index contributed by atoms with van der Waals surface area (Å²) in [6, 6.07) is 7.70. The van der Waals surface area contributed by atoms with E-state index in [4.69, 9.17) is 18.9 Å². The highest BCUT2D eigenvalue weighted by molar-refractivity contribution is 9.09. The van der Waals surface area contributed by atoms with Crippen molar-refractivity contribution >= 4 is 32.3 Å². The lowest BCUT2D eigenvalue weighted by atomic mass is 9.97. The van der Waals surface area contributed by atoms with Crippen molar-refractivity contribution in [2.45, 2.75) is 19.3 Å². The summed E-state index contributed by atoms with van der Waals surface area (Å²) in [6.45, 7) is 0.211. The molecule has 32 heavy (non-hydrogen) atoms. The Morgan fingerprint density at radius 2 is 1.66 bits per heavy atom. The average Bonchev–Trinajstić information content (AvgIpc) is 3.39. The molecule has 1 aliphatic heterocycles. The van der Waals surface area contributed by atoms with Gasteiger partial charge in [0.05, 0.1) is 25.3 Å². The summed E-state index contributed by atoms with van der Waals surface area (Å²) in [5.74, 6) is 2.57. The van der Waals surface area contributed by atoms with E-state index in [0.717, 1.165) is 63.7 Å². The number of halogens is 1.